The summed E-state index contributed by atoms with van der Waals surface area (Å²) in [6, 6.07) is 15.5. The molecule has 0 N–H and O–H groups in total. The molecule has 5 nitrogen and oxygen atoms in total. The van der Waals surface area contributed by atoms with Gasteiger partial charge >= 0.3 is 0 Å². The smallest absolute Gasteiger partial charge is 0.161 e. The Hall–Kier alpha value is -1.66. The van der Waals surface area contributed by atoms with Gasteiger partial charge in [0.2, 0.25) is 0 Å². The van der Waals surface area contributed by atoms with Gasteiger partial charge in [0.25, 0.3) is 0 Å². The lowest BCUT2D eigenvalue weighted by Crippen LogP contribution is -2.29. The molecule has 0 unspecified atom stereocenters. The largest absolute Gasteiger partial charge is 0.497 e. The molecule has 3 aliphatic rings. The van der Waals surface area contributed by atoms with E-state index in [-0.39, 0.29) is 24.8 Å². The highest BCUT2D eigenvalue weighted by Crippen LogP contribution is 2.44. The van der Waals surface area contributed by atoms with Crippen molar-refractivity contribution in [3.8, 4) is 17.2 Å². The minimum absolute atomic E-state index is 0. The molecule has 3 aliphatic heterocycles. The van der Waals surface area contributed by atoms with Gasteiger partial charge in [0, 0.05) is 32.2 Å². The Bertz CT molecular complexity index is 849. The fourth-order valence-electron chi connectivity index (χ4n) is 5.23. The molecule has 2 aromatic rings. The molecule has 0 bridgehead atoms. The number of fused-ring (bicyclic) bond motifs is 2. The standard InChI is InChI=1S/C23H28N2O3.2ClH/c1-24-13-18-14-25(12-16-3-8-21-22(11-16)28-10-9-27-21)15-20(18)23(24)17-4-6-19(26-2)7-5-17;;/h3-8,11,18,20,23H,9-10,12-15H2,1-2H3;2*1H/t18-,20+,23-;;/m0../s1. The number of nitrogens with zero attached hydrogens (tertiary/aromatic N) is 2. The third kappa shape index (κ3) is 4.35. The van der Waals surface area contributed by atoms with Gasteiger partial charge in [-0.05, 0) is 54.3 Å². The Kier molecular flexibility index (Phi) is 7.40. The van der Waals surface area contributed by atoms with Crippen molar-refractivity contribution in [3.05, 3.63) is 53.6 Å². The number of ether oxygens (including phenoxy) is 3. The van der Waals surface area contributed by atoms with Crippen LogP contribution in [0.3, 0.4) is 0 Å². The van der Waals surface area contributed by atoms with Crippen LogP contribution in [0.2, 0.25) is 0 Å². The van der Waals surface area contributed by atoms with Crippen LogP contribution in [0.1, 0.15) is 17.2 Å². The fraction of sp³-hybridized carbons (Fsp3) is 0.478. The summed E-state index contributed by atoms with van der Waals surface area (Å²) in [5, 5.41) is 0. The molecule has 30 heavy (non-hydrogen) atoms. The molecule has 0 spiro atoms. The lowest BCUT2D eigenvalue weighted by Gasteiger charge is -2.27. The predicted molar refractivity (Wildman–Crippen MR) is 123 cm³/mol. The van der Waals surface area contributed by atoms with Crippen LogP contribution in [0.4, 0.5) is 0 Å². The highest BCUT2D eigenvalue weighted by Gasteiger charge is 2.45. The van der Waals surface area contributed by atoms with E-state index in [0.29, 0.717) is 25.2 Å². The fourth-order valence-corrected chi connectivity index (χ4v) is 5.23. The first-order chi connectivity index (χ1) is 13.7. The summed E-state index contributed by atoms with van der Waals surface area (Å²) in [5.74, 6) is 4.09. The molecule has 3 heterocycles. The van der Waals surface area contributed by atoms with Crippen molar-refractivity contribution in [3.63, 3.8) is 0 Å². The van der Waals surface area contributed by atoms with Crippen LogP contribution in [-0.2, 0) is 6.54 Å². The van der Waals surface area contributed by atoms with E-state index in [0.717, 1.165) is 42.8 Å². The number of hydrogen-bond donors (Lipinski definition) is 0. The van der Waals surface area contributed by atoms with Crippen molar-refractivity contribution in [2.45, 2.75) is 12.6 Å². The Morgan fingerprint density at radius 3 is 2.40 bits per heavy atom. The number of hydrogen-bond acceptors (Lipinski definition) is 5. The topological polar surface area (TPSA) is 34.2 Å². The van der Waals surface area contributed by atoms with E-state index in [9.17, 15) is 0 Å². The maximum Gasteiger partial charge on any atom is 0.161 e. The lowest BCUT2D eigenvalue weighted by molar-refractivity contribution is 0.171. The molecule has 0 saturated carbocycles. The Morgan fingerprint density at radius 2 is 1.67 bits per heavy atom. The Labute approximate surface area is 191 Å². The van der Waals surface area contributed by atoms with Gasteiger partial charge in [-0.2, -0.15) is 0 Å². The van der Waals surface area contributed by atoms with Gasteiger partial charge in [-0.3, -0.25) is 9.80 Å². The SMILES string of the molecule is COc1ccc([C@H]2[C@@H]3CN(Cc4ccc5c(c4)OCCO5)C[C@@H]3CN2C)cc1.Cl.Cl. The van der Waals surface area contributed by atoms with Crippen LogP contribution in [0, 0.1) is 11.8 Å². The quantitative estimate of drug-likeness (QED) is 0.698. The molecule has 7 heteroatoms. The summed E-state index contributed by atoms with van der Waals surface area (Å²) in [6.45, 7) is 5.72. The van der Waals surface area contributed by atoms with E-state index in [1.807, 2.05) is 0 Å². The highest BCUT2D eigenvalue weighted by atomic mass is 35.5. The molecular weight excluding hydrogens is 423 g/mol. The van der Waals surface area contributed by atoms with E-state index in [1.165, 1.54) is 17.7 Å². The van der Waals surface area contributed by atoms with Crippen molar-refractivity contribution in [1.29, 1.82) is 0 Å². The normalized spacial score (nSPS) is 25.2. The third-order valence-electron chi connectivity index (χ3n) is 6.44. The van der Waals surface area contributed by atoms with Gasteiger partial charge in [-0.15, -0.1) is 24.8 Å². The van der Waals surface area contributed by atoms with E-state index < -0.39 is 0 Å². The number of likely N-dealkylation sites (tertiary alicyclic amines) is 2. The number of methoxy groups -OCH3 is 1. The molecule has 0 aromatic heterocycles. The van der Waals surface area contributed by atoms with Crippen molar-refractivity contribution >= 4 is 24.8 Å². The number of halogens is 2. The molecule has 0 radical (unpaired) electrons. The second-order valence-corrected chi connectivity index (χ2v) is 8.25. The average Bonchev–Trinajstić information content (AvgIpc) is 3.23. The first-order valence-electron chi connectivity index (χ1n) is 10.2. The minimum Gasteiger partial charge on any atom is -0.497 e. The molecule has 2 aromatic carbocycles. The first-order valence-corrected chi connectivity index (χ1v) is 10.2. The molecule has 164 valence electrons. The Balaban J connectivity index is 0.00000128. The summed E-state index contributed by atoms with van der Waals surface area (Å²) < 4.78 is 16.7. The monoisotopic (exact) mass is 452 g/mol. The molecule has 5 rings (SSSR count). The highest BCUT2D eigenvalue weighted by molar-refractivity contribution is 5.85. The molecule has 0 amide bonds. The van der Waals surface area contributed by atoms with Gasteiger partial charge < -0.3 is 14.2 Å². The average molecular weight is 453 g/mol. The predicted octanol–water partition coefficient (Wildman–Crippen LogP) is 4.04. The summed E-state index contributed by atoms with van der Waals surface area (Å²) in [6.07, 6.45) is 0. The molecule has 3 atom stereocenters. The molecule has 2 saturated heterocycles. The van der Waals surface area contributed by atoms with Crippen LogP contribution in [-0.4, -0.2) is 56.8 Å². The maximum absolute atomic E-state index is 5.75. The van der Waals surface area contributed by atoms with Crippen LogP contribution in [0.5, 0.6) is 17.2 Å². The number of benzene rings is 2. The van der Waals surface area contributed by atoms with Crippen molar-refractivity contribution < 1.29 is 14.2 Å². The second kappa shape index (κ2) is 9.65. The van der Waals surface area contributed by atoms with Crippen LogP contribution >= 0.6 is 24.8 Å². The van der Waals surface area contributed by atoms with E-state index in [2.05, 4.69) is 59.3 Å². The summed E-state index contributed by atoms with van der Waals surface area (Å²) in [5.41, 5.74) is 2.70. The maximum atomic E-state index is 5.75. The minimum atomic E-state index is 0. The first kappa shape index (κ1) is 23.0. The molecule has 2 fully saturated rings. The van der Waals surface area contributed by atoms with E-state index >= 15 is 0 Å². The second-order valence-electron chi connectivity index (χ2n) is 8.25. The summed E-state index contributed by atoms with van der Waals surface area (Å²) in [4.78, 5) is 5.13. The molecule has 0 aliphatic carbocycles. The zero-order valence-electron chi connectivity index (χ0n) is 17.5. The van der Waals surface area contributed by atoms with Crippen LogP contribution < -0.4 is 14.2 Å². The van der Waals surface area contributed by atoms with Gasteiger partial charge in [-0.25, -0.2) is 0 Å². The van der Waals surface area contributed by atoms with Crippen LogP contribution in [0.25, 0.3) is 0 Å². The van der Waals surface area contributed by atoms with Gasteiger partial charge in [0.15, 0.2) is 11.5 Å². The van der Waals surface area contributed by atoms with Crippen LogP contribution in [0.15, 0.2) is 42.5 Å². The third-order valence-corrected chi connectivity index (χ3v) is 6.44. The number of rotatable bonds is 4. The Morgan fingerprint density at radius 1 is 0.933 bits per heavy atom. The van der Waals surface area contributed by atoms with E-state index in [4.69, 9.17) is 14.2 Å². The zero-order chi connectivity index (χ0) is 19.1. The van der Waals surface area contributed by atoms with Gasteiger partial charge in [0.1, 0.15) is 19.0 Å². The summed E-state index contributed by atoms with van der Waals surface area (Å²) >= 11 is 0. The van der Waals surface area contributed by atoms with Crippen molar-refractivity contribution in [2.24, 2.45) is 11.8 Å². The van der Waals surface area contributed by atoms with Crippen molar-refractivity contribution in [1.82, 2.24) is 9.80 Å². The van der Waals surface area contributed by atoms with E-state index in [1.54, 1.807) is 7.11 Å². The lowest BCUT2D eigenvalue weighted by atomic mass is 9.89. The van der Waals surface area contributed by atoms with Crippen molar-refractivity contribution in [2.75, 3.05) is 47.0 Å². The van der Waals surface area contributed by atoms with Gasteiger partial charge in [0.05, 0.1) is 7.11 Å². The van der Waals surface area contributed by atoms with Gasteiger partial charge in [-0.1, -0.05) is 18.2 Å². The summed E-state index contributed by atoms with van der Waals surface area (Å²) in [7, 11) is 3.98. The molecular formula is C23H30Cl2N2O3. The zero-order valence-corrected chi connectivity index (χ0v) is 19.1.